The third-order valence-electron chi connectivity index (χ3n) is 5.27. The monoisotopic (exact) mass is 431 g/mol. The van der Waals surface area contributed by atoms with Gasteiger partial charge < -0.3 is 10.1 Å². The van der Waals surface area contributed by atoms with Crippen molar-refractivity contribution in [3.05, 3.63) is 58.7 Å². The van der Waals surface area contributed by atoms with Gasteiger partial charge in [-0.15, -0.1) is 0 Å². The number of amides is 1. The molecule has 0 atom stereocenters. The molecule has 7 nitrogen and oxygen atoms in total. The van der Waals surface area contributed by atoms with E-state index in [1.807, 2.05) is 45.0 Å². The van der Waals surface area contributed by atoms with Crippen molar-refractivity contribution in [2.24, 2.45) is 0 Å². The first kappa shape index (κ1) is 22.3. The summed E-state index contributed by atoms with van der Waals surface area (Å²) in [5, 5.41) is 2.78. The van der Waals surface area contributed by atoms with E-state index < -0.39 is 16.1 Å². The molecular weight excluding hydrogens is 402 g/mol. The third kappa shape index (κ3) is 5.00. The molecule has 0 unspecified atom stereocenters. The molecular formula is C22H29N3O4S. The highest BCUT2D eigenvalue weighted by Crippen LogP contribution is 2.26. The predicted molar refractivity (Wildman–Crippen MR) is 118 cm³/mol. The van der Waals surface area contributed by atoms with Crippen molar-refractivity contribution < 1.29 is 17.9 Å². The molecule has 1 N–H and O–H groups in total. The Morgan fingerprint density at radius 3 is 2.43 bits per heavy atom. The number of carbonyl (C=O) groups excluding carboxylic acids is 1. The normalized spacial score (nSPS) is 16.9. The van der Waals surface area contributed by atoms with E-state index in [1.165, 1.54) is 15.7 Å². The van der Waals surface area contributed by atoms with Crippen LogP contribution in [0.1, 0.15) is 28.7 Å². The SMILES string of the molecule is COc1ccc(C)cc1NC(=O)CN1CCCN(Cc2cc(C)ccc2C)S1(=O)=O. The quantitative estimate of drug-likeness (QED) is 0.763. The van der Waals surface area contributed by atoms with Crippen LogP contribution in [0.25, 0.3) is 0 Å². The van der Waals surface area contributed by atoms with E-state index in [0.29, 0.717) is 37.5 Å². The van der Waals surface area contributed by atoms with Crippen molar-refractivity contribution >= 4 is 21.8 Å². The fourth-order valence-corrected chi connectivity index (χ4v) is 5.20. The van der Waals surface area contributed by atoms with Crippen molar-refractivity contribution in [1.82, 2.24) is 8.61 Å². The second-order valence-corrected chi connectivity index (χ2v) is 9.64. The molecule has 1 aliphatic rings. The van der Waals surface area contributed by atoms with Gasteiger partial charge in [-0.1, -0.05) is 29.8 Å². The highest BCUT2D eigenvalue weighted by molar-refractivity contribution is 7.86. The van der Waals surface area contributed by atoms with Crippen LogP contribution in [0.15, 0.2) is 36.4 Å². The first-order valence-corrected chi connectivity index (χ1v) is 11.4. The van der Waals surface area contributed by atoms with E-state index in [4.69, 9.17) is 4.74 Å². The van der Waals surface area contributed by atoms with E-state index in [-0.39, 0.29) is 6.54 Å². The van der Waals surface area contributed by atoms with Gasteiger partial charge in [-0.25, -0.2) is 0 Å². The molecule has 0 saturated carbocycles. The second kappa shape index (κ2) is 9.16. The van der Waals surface area contributed by atoms with Gasteiger partial charge in [0.1, 0.15) is 5.75 Å². The minimum Gasteiger partial charge on any atom is -0.495 e. The molecule has 1 amide bonds. The summed E-state index contributed by atoms with van der Waals surface area (Å²) in [6.07, 6.45) is 0.672. The van der Waals surface area contributed by atoms with Crippen LogP contribution in [0.4, 0.5) is 5.69 Å². The molecule has 0 spiro atoms. The summed E-state index contributed by atoms with van der Waals surface area (Å²) in [4.78, 5) is 12.6. The number of nitrogens with zero attached hydrogens (tertiary/aromatic N) is 2. The molecule has 162 valence electrons. The standard InChI is InChI=1S/C22H29N3O4S/c1-16-6-8-18(3)19(12-16)14-24-10-5-11-25(30(24,27)28)15-22(26)23-20-13-17(2)7-9-21(20)29-4/h6-9,12-13H,5,10-11,14-15H2,1-4H3,(H,23,26). The number of hydrogen-bond acceptors (Lipinski definition) is 4. The van der Waals surface area contributed by atoms with E-state index in [9.17, 15) is 13.2 Å². The lowest BCUT2D eigenvalue weighted by Gasteiger charge is -2.34. The largest absolute Gasteiger partial charge is 0.495 e. The molecule has 30 heavy (non-hydrogen) atoms. The fourth-order valence-electron chi connectivity index (χ4n) is 3.57. The number of rotatable bonds is 6. The number of anilines is 1. The Bertz CT molecular complexity index is 1040. The second-order valence-electron chi connectivity index (χ2n) is 7.71. The summed E-state index contributed by atoms with van der Waals surface area (Å²) in [6, 6.07) is 11.5. The summed E-state index contributed by atoms with van der Waals surface area (Å²) in [5.41, 5.74) is 4.63. The van der Waals surface area contributed by atoms with Crippen molar-refractivity contribution in [3.8, 4) is 5.75 Å². The molecule has 1 aliphatic heterocycles. The fraction of sp³-hybridized carbons (Fsp3) is 0.409. The van der Waals surface area contributed by atoms with Gasteiger partial charge in [0.25, 0.3) is 10.2 Å². The third-order valence-corrected chi connectivity index (χ3v) is 7.20. The summed E-state index contributed by atoms with van der Waals surface area (Å²) >= 11 is 0. The number of benzene rings is 2. The van der Waals surface area contributed by atoms with Crippen LogP contribution < -0.4 is 10.1 Å². The highest BCUT2D eigenvalue weighted by Gasteiger charge is 2.35. The lowest BCUT2D eigenvalue weighted by Crippen LogP contribution is -2.51. The molecule has 1 fully saturated rings. The van der Waals surface area contributed by atoms with Gasteiger partial charge in [-0.2, -0.15) is 17.0 Å². The molecule has 1 saturated heterocycles. The average Bonchev–Trinajstić information content (AvgIpc) is 2.68. The van der Waals surface area contributed by atoms with Crippen LogP contribution in [-0.4, -0.2) is 49.7 Å². The van der Waals surface area contributed by atoms with Crippen LogP contribution in [0.2, 0.25) is 0 Å². The number of nitrogens with one attached hydrogen (secondary N) is 1. The van der Waals surface area contributed by atoms with Gasteiger partial charge in [-0.3, -0.25) is 4.79 Å². The molecule has 0 bridgehead atoms. The highest BCUT2D eigenvalue weighted by atomic mass is 32.2. The Labute approximate surface area is 178 Å². The average molecular weight is 432 g/mol. The van der Waals surface area contributed by atoms with Gasteiger partial charge in [0.2, 0.25) is 5.91 Å². The lowest BCUT2D eigenvalue weighted by molar-refractivity contribution is -0.116. The minimum atomic E-state index is -3.73. The van der Waals surface area contributed by atoms with Gasteiger partial charge in [0, 0.05) is 19.6 Å². The Kier molecular flexibility index (Phi) is 6.80. The van der Waals surface area contributed by atoms with E-state index in [2.05, 4.69) is 5.32 Å². The Balaban J connectivity index is 1.72. The van der Waals surface area contributed by atoms with Gasteiger partial charge in [0.15, 0.2) is 0 Å². The van der Waals surface area contributed by atoms with Crippen molar-refractivity contribution in [1.29, 1.82) is 0 Å². The number of aryl methyl sites for hydroxylation is 3. The topological polar surface area (TPSA) is 79.0 Å². The Hall–Kier alpha value is -2.42. The maximum Gasteiger partial charge on any atom is 0.282 e. The van der Waals surface area contributed by atoms with Crippen molar-refractivity contribution in [2.75, 3.05) is 32.1 Å². The van der Waals surface area contributed by atoms with Crippen LogP contribution in [0, 0.1) is 20.8 Å². The maximum absolute atomic E-state index is 13.1. The Morgan fingerprint density at radius 1 is 1.03 bits per heavy atom. The molecule has 2 aromatic rings. The summed E-state index contributed by atoms with van der Waals surface area (Å²) in [6.45, 7) is 6.72. The molecule has 3 rings (SSSR count). The first-order valence-electron chi connectivity index (χ1n) is 9.96. The maximum atomic E-state index is 13.1. The van der Waals surface area contributed by atoms with E-state index >= 15 is 0 Å². The zero-order valence-corrected chi connectivity index (χ0v) is 18.8. The molecule has 0 aromatic heterocycles. The molecule has 0 radical (unpaired) electrons. The number of methoxy groups -OCH3 is 1. The minimum absolute atomic E-state index is 0.233. The number of carbonyl (C=O) groups is 1. The van der Waals surface area contributed by atoms with E-state index in [1.54, 1.807) is 12.1 Å². The molecule has 8 heteroatoms. The smallest absolute Gasteiger partial charge is 0.282 e. The number of hydrogen-bond donors (Lipinski definition) is 1. The lowest BCUT2D eigenvalue weighted by atomic mass is 10.1. The zero-order chi connectivity index (χ0) is 21.9. The van der Waals surface area contributed by atoms with Gasteiger partial charge >= 0.3 is 0 Å². The van der Waals surface area contributed by atoms with Crippen LogP contribution >= 0.6 is 0 Å². The summed E-state index contributed by atoms with van der Waals surface area (Å²) in [7, 11) is -2.20. The first-order chi connectivity index (χ1) is 14.2. The molecule has 2 aromatic carbocycles. The molecule has 0 aliphatic carbocycles. The molecule has 1 heterocycles. The van der Waals surface area contributed by atoms with Crippen molar-refractivity contribution in [3.63, 3.8) is 0 Å². The van der Waals surface area contributed by atoms with Gasteiger partial charge in [0.05, 0.1) is 19.3 Å². The summed E-state index contributed by atoms with van der Waals surface area (Å²) < 4.78 is 34.2. The zero-order valence-electron chi connectivity index (χ0n) is 17.9. The van der Waals surface area contributed by atoms with Crippen LogP contribution in [0.3, 0.4) is 0 Å². The van der Waals surface area contributed by atoms with Crippen molar-refractivity contribution in [2.45, 2.75) is 33.7 Å². The summed E-state index contributed by atoms with van der Waals surface area (Å²) in [5.74, 6) is 0.142. The number of ether oxygens (including phenoxy) is 1. The van der Waals surface area contributed by atoms with Gasteiger partial charge in [-0.05, 0) is 56.0 Å². The van der Waals surface area contributed by atoms with E-state index in [0.717, 1.165) is 22.3 Å². The van der Waals surface area contributed by atoms with Crippen LogP contribution in [0.5, 0.6) is 5.75 Å². The van der Waals surface area contributed by atoms with Crippen LogP contribution in [-0.2, 0) is 21.5 Å². The Morgan fingerprint density at radius 2 is 1.70 bits per heavy atom. The predicted octanol–water partition coefficient (Wildman–Crippen LogP) is 3.01.